The molecule has 0 aliphatic carbocycles. The first-order chi connectivity index (χ1) is 9.61. The number of rotatable bonds is 4. The molecule has 1 fully saturated rings. The van der Waals surface area contributed by atoms with Crippen LogP contribution in [-0.2, 0) is 4.74 Å². The number of benzene rings is 1. The Morgan fingerprint density at radius 3 is 2.70 bits per heavy atom. The van der Waals surface area contributed by atoms with Crippen LogP contribution in [0, 0.1) is 12.8 Å². The van der Waals surface area contributed by atoms with Gasteiger partial charge < -0.3 is 15.4 Å². The summed E-state index contributed by atoms with van der Waals surface area (Å²) in [5.74, 6) is 0.507. The van der Waals surface area contributed by atoms with Crippen LogP contribution in [0.15, 0.2) is 18.2 Å². The predicted octanol–water partition coefficient (Wildman–Crippen LogP) is 2.58. The molecule has 1 aromatic carbocycles. The first-order valence-electron chi connectivity index (χ1n) is 7.29. The van der Waals surface area contributed by atoms with E-state index in [1.54, 1.807) is 0 Å². The molecule has 0 saturated carbocycles. The average molecular weight is 276 g/mol. The van der Waals surface area contributed by atoms with E-state index in [9.17, 15) is 4.79 Å². The second kappa shape index (κ2) is 6.75. The van der Waals surface area contributed by atoms with Gasteiger partial charge in [0.25, 0.3) is 5.91 Å². The lowest BCUT2D eigenvalue weighted by molar-refractivity contribution is 0.0538. The molecule has 1 heterocycles. The Balaban J connectivity index is 2.05. The van der Waals surface area contributed by atoms with E-state index in [0.29, 0.717) is 11.5 Å². The maximum Gasteiger partial charge on any atom is 0.253 e. The molecule has 0 bridgehead atoms. The molecule has 0 radical (unpaired) electrons. The van der Waals surface area contributed by atoms with Crippen LogP contribution in [0.5, 0.6) is 0 Å². The molecule has 1 atom stereocenters. The molecule has 110 valence electrons. The maximum absolute atomic E-state index is 12.4. The van der Waals surface area contributed by atoms with Gasteiger partial charge in [-0.25, -0.2) is 0 Å². The van der Waals surface area contributed by atoms with Crippen LogP contribution < -0.4 is 10.6 Å². The summed E-state index contributed by atoms with van der Waals surface area (Å²) in [6.45, 7) is 5.69. The fourth-order valence-electron chi connectivity index (χ4n) is 2.68. The Labute approximate surface area is 120 Å². The van der Waals surface area contributed by atoms with Crippen LogP contribution in [0.25, 0.3) is 0 Å². The molecule has 1 amide bonds. The van der Waals surface area contributed by atoms with E-state index < -0.39 is 0 Å². The Hall–Kier alpha value is -1.55. The third kappa shape index (κ3) is 3.51. The van der Waals surface area contributed by atoms with Gasteiger partial charge in [0.05, 0.1) is 5.56 Å². The molecule has 1 saturated heterocycles. The van der Waals surface area contributed by atoms with Gasteiger partial charge in [0.2, 0.25) is 0 Å². The number of carbonyl (C=O) groups is 1. The van der Waals surface area contributed by atoms with Crippen molar-refractivity contribution in [3.8, 4) is 0 Å². The van der Waals surface area contributed by atoms with Gasteiger partial charge in [0.15, 0.2) is 0 Å². The lowest BCUT2D eigenvalue weighted by atomic mass is 9.92. The third-order valence-corrected chi connectivity index (χ3v) is 4.02. The SMILES string of the molecule is CNc1ccc(C)cc1C(=O)NC(C)C1CCOCC1. The van der Waals surface area contributed by atoms with Gasteiger partial charge in [-0.15, -0.1) is 0 Å². The Kier molecular flexibility index (Phi) is 5.01. The van der Waals surface area contributed by atoms with Gasteiger partial charge in [0.1, 0.15) is 0 Å². The van der Waals surface area contributed by atoms with E-state index in [1.165, 1.54) is 0 Å². The Morgan fingerprint density at radius 2 is 2.05 bits per heavy atom. The summed E-state index contributed by atoms with van der Waals surface area (Å²) in [5, 5.41) is 6.21. The minimum atomic E-state index is -0.00274. The van der Waals surface area contributed by atoms with E-state index >= 15 is 0 Å². The third-order valence-electron chi connectivity index (χ3n) is 4.02. The smallest absolute Gasteiger partial charge is 0.253 e. The summed E-state index contributed by atoms with van der Waals surface area (Å²) >= 11 is 0. The average Bonchev–Trinajstić information content (AvgIpc) is 2.48. The zero-order chi connectivity index (χ0) is 14.5. The van der Waals surface area contributed by atoms with Crippen molar-refractivity contribution >= 4 is 11.6 Å². The van der Waals surface area contributed by atoms with Crippen molar-refractivity contribution in [1.82, 2.24) is 5.32 Å². The fourth-order valence-corrected chi connectivity index (χ4v) is 2.68. The summed E-state index contributed by atoms with van der Waals surface area (Å²) in [6.07, 6.45) is 2.04. The van der Waals surface area contributed by atoms with Crippen molar-refractivity contribution in [3.05, 3.63) is 29.3 Å². The first kappa shape index (κ1) is 14.9. The van der Waals surface area contributed by atoms with Crippen LogP contribution in [0.1, 0.15) is 35.7 Å². The maximum atomic E-state index is 12.4. The molecule has 1 aromatic rings. The number of carbonyl (C=O) groups excluding carboxylic acids is 1. The van der Waals surface area contributed by atoms with E-state index in [2.05, 4.69) is 17.6 Å². The quantitative estimate of drug-likeness (QED) is 0.888. The number of amides is 1. The summed E-state index contributed by atoms with van der Waals surface area (Å²) < 4.78 is 5.37. The summed E-state index contributed by atoms with van der Waals surface area (Å²) in [6, 6.07) is 6.06. The molecule has 2 N–H and O–H groups in total. The molecule has 4 heteroatoms. The van der Waals surface area contributed by atoms with Crippen molar-refractivity contribution in [2.45, 2.75) is 32.7 Å². The molecule has 20 heavy (non-hydrogen) atoms. The molecule has 1 aliphatic heterocycles. The van der Waals surface area contributed by atoms with Gasteiger partial charge in [-0.1, -0.05) is 11.6 Å². The minimum absolute atomic E-state index is 0.00274. The molecule has 1 aliphatic rings. The highest BCUT2D eigenvalue weighted by molar-refractivity contribution is 5.99. The molecule has 4 nitrogen and oxygen atoms in total. The van der Waals surface area contributed by atoms with Crippen LogP contribution in [-0.4, -0.2) is 32.2 Å². The number of nitrogens with one attached hydrogen (secondary N) is 2. The zero-order valence-corrected chi connectivity index (χ0v) is 12.5. The van der Waals surface area contributed by atoms with Crippen molar-refractivity contribution < 1.29 is 9.53 Å². The number of hydrogen-bond acceptors (Lipinski definition) is 3. The zero-order valence-electron chi connectivity index (χ0n) is 12.5. The van der Waals surface area contributed by atoms with Crippen molar-refractivity contribution in [2.24, 2.45) is 5.92 Å². The van der Waals surface area contributed by atoms with E-state index in [1.807, 2.05) is 32.2 Å². The van der Waals surface area contributed by atoms with Gasteiger partial charge in [-0.3, -0.25) is 4.79 Å². The topological polar surface area (TPSA) is 50.4 Å². The molecular weight excluding hydrogens is 252 g/mol. The normalized spacial score (nSPS) is 17.6. The van der Waals surface area contributed by atoms with E-state index in [0.717, 1.165) is 37.3 Å². The lowest BCUT2D eigenvalue weighted by Crippen LogP contribution is -2.40. The summed E-state index contributed by atoms with van der Waals surface area (Å²) in [5.41, 5.74) is 2.67. The van der Waals surface area contributed by atoms with Gasteiger partial charge >= 0.3 is 0 Å². The van der Waals surface area contributed by atoms with Crippen molar-refractivity contribution in [2.75, 3.05) is 25.6 Å². The first-order valence-corrected chi connectivity index (χ1v) is 7.29. The standard InChI is InChI=1S/C16H24N2O2/c1-11-4-5-15(17-3)14(10-11)16(19)18-12(2)13-6-8-20-9-7-13/h4-5,10,12-13,17H,6-9H2,1-3H3,(H,18,19). The highest BCUT2D eigenvalue weighted by atomic mass is 16.5. The lowest BCUT2D eigenvalue weighted by Gasteiger charge is -2.28. The van der Waals surface area contributed by atoms with Gasteiger partial charge in [-0.05, 0) is 44.7 Å². The predicted molar refractivity (Wildman–Crippen MR) is 81.2 cm³/mol. The number of anilines is 1. The fraction of sp³-hybridized carbons (Fsp3) is 0.562. The van der Waals surface area contributed by atoms with Crippen LogP contribution in [0.4, 0.5) is 5.69 Å². The van der Waals surface area contributed by atoms with E-state index in [4.69, 9.17) is 4.74 Å². The van der Waals surface area contributed by atoms with Crippen LogP contribution >= 0.6 is 0 Å². The van der Waals surface area contributed by atoms with Crippen LogP contribution in [0.3, 0.4) is 0 Å². The van der Waals surface area contributed by atoms with Crippen LogP contribution in [0.2, 0.25) is 0 Å². The molecule has 0 spiro atoms. The van der Waals surface area contributed by atoms with Gasteiger partial charge in [0, 0.05) is 32.0 Å². The number of ether oxygens (including phenoxy) is 1. The van der Waals surface area contributed by atoms with Gasteiger partial charge in [-0.2, -0.15) is 0 Å². The molecule has 0 aromatic heterocycles. The second-order valence-electron chi connectivity index (χ2n) is 5.51. The molecular formula is C16H24N2O2. The molecule has 2 rings (SSSR count). The molecule has 1 unspecified atom stereocenters. The largest absolute Gasteiger partial charge is 0.387 e. The number of aryl methyl sites for hydroxylation is 1. The van der Waals surface area contributed by atoms with Crippen molar-refractivity contribution in [3.63, 3.8) is 0 Å². The van der Waals surface area contributed by atoms with E-state index in [-0.39, 0.29) is 11.9 Å². The second-order valence-corrected chi connectivity index (χ2v) is 5.51. The minimum Gasteiger partial charge on any atom is -0.387 e. The highest BCUT2D eigenvalue weighted by Crippen LogP contribution is 2.21. The Morgan fingerprint density at radius 1 is 1.35 bits per heavy atom. The highest BCUT2D eigenvalue weighted by Gasteiger charge is 2.23. The summed E-state index contributed by atoms with van der Waals surface area (Å²) in [4.78, 5) is 12.4. The Bertz CT molecular complexity index is 468. The summed E-state index contributed by atoms with van der Waals surface area (Å²) in [7, 11) is 1.84. The monoisotopic (exact) mass is 276 g/mol. The number of hydrogen-bond donors (Lipinski definition) is 2. The van der Waals surface area contributed by atoms with Crippen molar-refractivity contribution in [1.29, 1.82) is 0 Å².